The molecule has 0 aliphatic carbocycles. The molecule has 1 aromatic heterocycles. The van der Waals surface area contributed by atoms with Crippen LogP contribution in [0.25, 0.3) is 6.08 Å². The fourth-order valence-electron chi connectivity index (χ4n) is 2.19. The van der Waals surface area contributed by atoms with Crippen molar-refractivity contribution in [1.29, 1.82) is 0 Å². The Hall–Kier alpha value is -1.88. The molecule has 1 saturated heterocycles. The molecule has 1 N–H and O–H groups in total. The van der Waals surface area contributed by atoms with Crippen LogP contribution in [0.4, 0.5) is 5.82 Å². The molecule has 1 fully saturated rings. The number of aliphatic hydroxyl groups excluding tert-OH is 1. The van der Waals surface area contributed by atoms with Gasteiger partial charge < -0.3 is 14.9 Å². The molecule has 1 atom stereocenters. The number of aromatic nitrogens is 1. The van der Waals surface area contributed by atoms with Gasteiger partial charge >= 0.3 is 0 Å². The second kappa shape index (κ2) is 5.84. The van der Waals surface area contributed by atoms with Crippen molar-refractivity contribution in [3.63, 3.8) is 0 Å². The van der Waals surface area contributed by atoms with Gasteiger partial charge in [-0.05, 0) is 17.7 Å². The fourth-order valence-corrected chi connectivity index (χ4v) is 2.19. The van der Waals surface area contributed by atoms with E-state index < -0.39 is 6.10 Å². The van der Waals surface area contributed by atoms with Crippen LogP contribution in [0, 0.1) is 0 Å². The average molecular weight is 261 g/mol. The van der Waals surface area contributed by atoms with Crippen LogP contribution in [-0.2, 0) is 4.79 Å². The molecular weight excluding hydrogens is 242 g/mol. The molecular formula is C14H19N3O2. The summed E-state index contributed by atoms with van der Waals surface area (Å²) in [6.07, 6.45) is 2.95. The predicted octanol–water partition coefficient (Wildman–Crippen LogP) is 0.754. The van der Waals surface area contributed by atoms with Gasteiger partial charge in [0.15, 0.2) is 0 Å². The number of anilines is 1. The highest BCUT2D eigenvalue weighted by Crippen LogP contribution is 2.15. The summed E-state index contributed by atoms with van der Waals surface area (Å²) >= 11 is 0. The lowest BCUT2D eigenvalue weighted by Gasteiger charge is -2.22. The van der Waals surface area contributed by atoms with E-state index >= 15 is 0 Å². The summed E-state index contributed by atoms with van der Waals surface area (Å²) in [5.41, 5.74) is 0.962. The lowest BCUT2D eigenvalue weighted by molar-refractivity contribution is -0.129. The van der Waals surface area contributed by atoms with Crippen molar-refractivity contribution in [1.82, 2.24) is 9.88 Å². The van der Waals surface area contributed by atoms with Gasteiger partial charge in [-0.1, -0.05) is 12.7 Å². The Kier molecular flexibility index (Phi) is 4.16. The highest BCUT2D eigenvalue weighted by atomic mass is 16.3. The number of carbonyl (C=O) groups is 1. The molecule has 5 heteroatoms. The fraction of sp³-hybridized carbons (Fsp3) is 0.429. The van der Waals surface area contributed by atoms with Crippen molar-refractivity contribution < 1.29 is 9.90 Å². The molecule has 2 heterocycles. The Morgan fingerprint density at radius 1 is 1.47 bits per heavy atom. The van der Waals surface area contributed by atoms with E-state index in [2.05, 4.69) is 11.6 Å². The van der Waals surface area contributed by atoms with E-state index in [9.17, 15) is 9.90 Å². The summed E-state index contributed by atoms with van der Waals surface area (Å²) in [5, 5.41) is 9.96. The van der Waals surface area contributed by atoms with Gasteiger partial charge in [-0.3, -0.25) is 4.79 Å². The van der Waals surface area contributed by atoms with Gasteiger partial charge in [0.2, 0.25) is 5.91 Å². The SMILES string of the molecule is C=Cc1ccc(N2CCN(C(C)=O)CC(O)C2)nc1. The van der Waals surface area contributed by atoms with Crippen molar-refractivity contribution >= 4 is 17.8 Å². The molecule has 1 aromatic rings. The van der Waals surface area contributed by atoms with E-state index in [1.807, 2.05) is 17.0 Å². The Balaban J connectivity index is 2.11. The van der Waals surface area contributed by atoms with Gasteiger partial charge in [0, 0.05) is 39.3 Å². The second-order valence-corrected chi connectivity index (χ2v) is 4.72. The molecule has 1 aliphatic heterocycles. The maximum Gasteiger partial charge on any atom is 0.219 e. The predicted molar refractivity (Wildman–Crippen MR) is 74.8 cm³/mol. The van der Waals surface area contributed by atoms with Crippen LogP contribution >= 0.6 is 0 Å². The number of carbonyl (C=O) groups excluding carboxylic acids is 1. The summed E-state index contributed by atoms with van der Waals surface area (Å²) in [7, 11) is 0. The molecule has 19 heavy (non-hydrogen) atoms. The molecule has 0 aromatic carbocycles. The number of amides is 1. The van der Waals surface area contributed by atoms with Crippen LogP contribution in [0.5, 0.6) is 0 Å². The van der Waals surface area contributed by atoms with E-state index in [4.69, 9.17) is 0 Å². The van der Waals surface area contributed by atoms with Crippen molar-refractivity contribution in [3.8, 4) is 0 Å². The smallest absolute Gasteiger partial charge is 0.219 e. The maximum atomic E-state index is 11.4. The number of rotatable bonds is 2. The first-order valence-corrected chi connectivity index (χ1v) is 6.37. The minimum atomic E-state index is -0.549. The summed E-state index contributed by atoms with van der Waals surface area (Å²) in [5.74, 6) is 0.811. The highest BCUT2D eigenvalue weighted by molar-refractivity contribution is 5.73. The van der Waals surface area contributed by atoms with E-state index in [0.717, 1.165) is 11.4 Å². The van der Waals surface area contributed by atoms with Crippen LogP contribution in [0.1, 0.15) is 12.5 Å². The molecule has 1 amide bonds. The number of hydrogen-bond donors (Lipinski definition) is 1. The van der Waals surface area contributed by atoms with Crippen molar-refractivity contribution in [3.05, 3.63) is 30.5 Å². The molecule has 1 unspecified atom stereocenters. The topological polar surface area (TPSA) is 56.7 Å². The van der Waals surface area contributed by atoms with Crippen LogP contribution in [0.2, 0.25) is 0 Å². The molecule has 0 bridgehead atoms. The van der Waals surface area contributed by atoms with E-state index in [0.29, 0.717) is 26.2 Å². The van der Waals surface area contributed by atoms with Gasteiger partial charge in [-0.2, -0.15) is 0 Å². The Morgan fingerprint density at radius 3 is 2.84 bits per heavy atom. The zero-order chi connectivity index (χ0) is 13.8. The van der Waals surface area contributed by atoms with E-state index in [1.54, 1.807) is 17.2 Å². The zero-order valence-electron chi connectivity index (χ0n) is 11.1. The zero-order valence-corrected chi connectivity index (χ0v) is 11.1. The van der Waals surface area contributed by atoms with Gasteiger partial charge in [0.1, 0.15) is 5.82 Å². The van der Waals surface area contributed by atoms with Crippen LogP contribution in [-0.4, -0.2) is 53.2 Å². The summed E-state index contributed by atoms with van der Waals surface area (Å²) in [6.45, 7) is 7.38. The minimum absolute atomic E-state index is 0.00383. The van der Waals surface area contributed by atoms with Crippen LogP contribution in [0.15, 0.2) is 24.9 Å². The van der Waals surface area contributed by atoms with Crippen molar-refractivity contribution in [2.24, 2.45) is 0 Å². The third-order valence-electron chi connectivity index (χ3n) is 3.28. The summed E-state index contributed by atoms with van der Waals surface area (Å²) < 4.78 is 0. The van der Waals surface area contributed by atoms with Crippen molar-refractivity contribution in [2.45, 2.75) is 13.0 Å². The van der Waals surface area contributed by atoms with E-state index in [1.165, 1.54) is 6.92 Å². The van der Waals surface area contributed by atoms with Gasteiger partial charge in [0.05, 0.1) is 6.10 Å². The van der Waals surface area contributed by atoms with Gasteiger partial charge in [-0.15, -0.1) is 0 Å². The monoisotopic (exact) mass is 261 g/mol. The maximum absolute atomic E-state index is 11.4. The van der Waals surface area contributed by atoms with Gasteiger partial charge in [0.25, 0.3) is 0 Å². The first-order chi connectivity index (χ1) is 9.10. The average Bonchev–Trinajstić information content (AvgIpc) is 2.61. The quantitative estimate of drug-likeness (QED) is 0.853. The lowest BCUT2D eigenvalue weighted by Crippen LogP contribution is -2.36. The standard InChI is InChI=1S/C14H19N3O2/c1-3-12-4-5-14(15-8-12)17-7-6-16(11(2)18)9-13(19)10-17/h3-5,8,13,19H,1,6-7,9-10H2,2H3. The van der Waals surface area contributed by atoms with Crippen molar-refractivity contribution in [2.75, 3.05) is 31.1 Å². The Labute approximate surface area is 113 Å². The lowest BCUT2D eigenvalue weighted by atomic mass is 10.2. The summed E-state index contributed by atoms with van der Waals surface area (Å²) in [4.78, 5) is 19.4. The number of aliphatic hydroxyl groups is 1. The number of pyridine rings is 1. The third kappa shape index (κ3) is 3.32. The minimum Gasteiger partial charge on any atom is -0.389 e. The molecule has 102 valence electrons. The highest BCUT2D eigenvalue weighted by Gasteiger charge is 2.23. The van der Waals surface area contributed by atoms with Crippen LogP contribution < -0.4 is 4.90 Å². The van der Waals surface area contributed by atoms with E-state index in [-0.39, 0.29) is 5.91 Å². The molecule has 2 rings (SSSR count). The largest absolute Gasteiger partial charge is 0.389 e. The number of nitrogens with zero attached hydrogens (tertiary/aromatic N) is 3. The number of hydrogen-bond acceptors (Lipinski definition) is 4. The molecule has 0 saturated carbocycles. The third-order valence-corrected chi connectivity index (χ3v) is 3.28. The second-order valence-electron chi connectivity index (χ2n) is 4.72. The molecule has 0 spiro atoms. The van der Waals surface area contributed by atoms with Crippen LogP contribution in [0.3, 0.4) is 0 Å². The molecule has 0 radical (unpaired) electrons. The summed E-state index contributed by atoms with van der Waals surface area (Å²) in [6, 6.07) is 3.85. The molecule has 5 nitrogen and oxygen atoms in total. The normalized spacial score (nSPS) is 20.0. The first-order valence-electron chi connectivity index (χ1n) is 6.37. The molecule has 1 aliphatic rings. The first kappa shape index (κ1) is 13.5. The van der Waals surface area contributed by atoms with Gasteiger partial charge in [-0.25, -0.2) is 4.98 Å². The number of β-amino-alcohol motifs (C(OH)–C–C–N with tert-alkyl or cyclic N) is 1. The Morgan fingerprint density at radius 2 is 2.26 bits per heavy atom. The Bertz CT molecular complexity index is 458.